The van der Waals surface area contributed by atoms with E-state index in [0.29, 0.717) is 6.04 Å². The van der Waals surface area contributed by atoms with Crippen molar-refractivity contribution < 1.29 is 9.53 Å². The quantitative estimate of drug-likeness (QED) is 0.833. The van der Waals surface area contributed by atoms with Gasteiger partial charge >= 0.3 is 5.97 Å². The molecule has 0 aliphatic carbocycles. The number of esters is 1. The highest BCUT2D eigenvalue weighted by atomic mass is 16.5. The number of carbonyl (C=O) groups is 1. The summed E-state index contributed by atoms with van der Waals surface area (Å²) in [5, 5.41) is 3.41. The first kappa shape index (κ1) is 14.7. The van der Waals surface area contributed by atoms with Crippen molar-refractivity contribution in [3.05, 3.63) is 17.6 Å². The molecular weight excluding hydrogens is 256 g/mol. The van der Waals surface area contributed by atoms with Crippen LogP contribution in [0.3, 0.4) is 0 Å². The molecule has 0 spiro atoms. The Labute approximate surface area is 119 Å². The predicted octanol–water partition coefficient (Wildman–Crippen LogP) is 1.15. The van der Waals surface area contributed by atoms with E-state index in [1.165, 1.54) is 7.11 Å². The Kier molecular flexibility index (Phi) is 4.89. The van der Waals surface area contributed by atoms with Gasteiger partial charge in [0.25, 0.3) is 0 Å². The number of piperidine rings is 1. The van der Waals surface area contributed by atoms with Crippen molar-refractivity contribution in [1.82, 2.24) is 15.3 Å². The molecule has 0 bridgehead atoms. The monoisotopic (exact) mass is 278 g/mol. The summed E-state index contributed by atoms with van der Waals surface area (Å²) < 4.78 is 4.71. The molecule has 1 aromatic rings. The van der Waals surface area contributed by atoms with E-state index in [1.54, 1.807) is 0 Å². The lowest BCUT2D eigenvalue weighted by Gasteiger charge is -2.35. The van der Waals surface area contributed by atoms with Gasteiger partial charge in [0.1, 0.15) is 5.82 Å². The maximum Gasteiger partial charge on any atom is 0.376 e. The van der Waals surface area contributed by atoms with Crippen molar-refractivity contribution in [3.8, 4) is 0 Å². The highest BCUT2D eigenvalue weighted by molar-refractivity contribution is 5.85. The SMILES string of the molecule is CCN(c1cc(C)nc(C(=O)OC)n1)C1CCCNC1. The third kappa shape index (κ3) is 3.25. The fourth-order valence-electron chi connectivity index (χ4n) is 2.59. The van der Waals surface area contributed by atoms with Gasteiger partial charge in [-0.25, -0.2) is 14.8 Å². The summed E-state index contributed by atoms with van der Waals surface area (Å²) in [6.45, 7) is 6.84. The molecule has 0 aromatic carbocycles. The highest BCUT2D eigenvalue weighted by Crippen LogP contribution is 2.19. The molecule has 1 saturated heterocycles. The van der Waals surface area contributed by atoms with E-state index in [0.717, 1.165) is 44.0 Å². The lowest BCUT2D eigenvalue weighted by Crippen LogP contribution is -2.46. The van der Waals surface area contributed by atoms with Gasteiger partial charge in [0, 0.05) is 30.9 Å². The summed E-state index contributed by atoms with van der Waals surface area (Å²) in [5.41, 5.74) is 0.776. The molecule has 1 aromatic heterocycles. The number of hydrogen-bond donors (Lipinski definition) is 1. The number of nitrogens with one attached hydrogen (secondary N) is 1. The summed E-state index contributed by atoms with van der Waals surface area (Å²) in [6.07, 6.45) is 2.30. The van der Waals surface area contributed by atoms with E-state index < -0.39 is 5.97 Å². The first-order chi connectivity index (χ1) is 9.65. The zero-order valence-corrected chi connectivity index (χ0v) is 12.3. The minimum Gasteiger partial charge on any atom is -0.463 e. The van der Waals surface area contributed by atoms with E-state index in [1.807, 2.05) is 13.0 Å². The first-order valence-electron chi connectivity index (χ1n) is 7.07. The highest BCUT2D eigenvalue weighted by Gasteiger charge is 2.22. The van der Waals surface area contributed by atoms with Crippen LogP contribution in [0.5, 0.6) is 0 Å². The summed E-state index contributed by atoms with van der Waals surface area (Å²) in [6, 6.07) is 2.33. The van der Waals surface area contributed by atoms with E-state index in [2.05, 4.69) is 27.1 Å². The predicted molar refractivity (Wildman–Crippen MR) is 77.0 cm³/mol. The zero-order chi connectivity index (χ0) is 14.5. The Morgan fingerprint density at radius 3 is 2.95 bits per heavy atom. The van der Waals surface area contributed by atoms with Gasteiger partial charge in [0.15, 0.2) is 0 Å². The molecule has 0 saturated carbocycles. The molecule has 2 rings (SSSR count). The molecule has 110 valence electrons. The van der Waals surface area contributed by atoms with E-state index in [-0.39, 0.29) is 5.82 Å². The van der Waals surface area contributed by atoms with Crippen molar-refractivity contribution in [2.45, 2.75) is 32.7 Å². The molecule has 6 heteroatoms. The summed E-state index contributed by atoms with van der Waals surface area (Å²) in [5.74, 6) is 0.437. The van der Waals surface area contributed by atoms with Gasteiger partial charge < -0.3 is 15.0 Å². The Balaban J connectivity index is 2.28. The minimum absolute atomic E-state index is 0.129. The Hall–Kier alpha value is -1.69. The first-order valence-corrected chi connectivity index (χ1v) is 7.07. The van der Waals surface area contributed by atoms with Crippen LogP contribution in [0.25, 0.3) is 0 Å². The molecule has 1 atom stereocenters. The van der Waals surface area contributed by atoms with Crippen molar-refractivity contribution in [2.75, 3.05) is 31.6 Å². The van der Waals surface area contributed by atoms with Crippen molar-refractivity contribution in [3.63, 3.8) is 0 Å². The number of carbonyl (C=O) groups excluding carboxylic acids is 1. The smallest absolute Gasteiger partial charge is 0.376 e. The number of nitrogens with zero attached hydrogens (tertiary/aromatic N) is 3. The second kappa shape index (κ2) is 6.65. The molecule has 2 heterocycles. The van der Waals surface area contributed by atoms with Gasteiger partial charge in [-0.05, 0) is 33.2 Å². The van der Waals surface area contributed by atoms with Crippen LogP contribution in [-0.4, -0.2) is 48.7 Å². The Morgan fingerprint density at radius 2 is 2.35 bits per heavy atom. The normalized spacial score (nSPS) is 18.6. The van der Waals surface area contributed by atoms with Gasteiger partial charge in [-0.1, -0.05) is 0 Å². The number of hydrogen-bond acceptors (Lipinski definition) is 6. The summed E-state index contributed by atoms with van der Waals surface area (Å²) in [7, 11) is 1.34. The second-order valence-electron chi connectivity index (χ2n) is 4.97. The molecule has 0 amide bonds. The van der Waals surface area contributed by atoms with Crippen LogP contribution in [0.4, 0.5) is 5.82 Å². The van der Waals surface area contributed by atoms with Crippen LogP contribution in [0.1, 0.15) is 36.1 Å². The lowest BCUT2D eigenvalue weighted by molar-refractivity contribution is 0.0586. The fraction of sp³-hybridized carbons (Fsp3) is 0.643. The van der Waals surface area contributed by atoms with Crippen molar-refractivity contribution in [2.24, 2.45) is 0 Å². The lowest BCUT2D eigenvalue weighted by atomic mass is 10.1. The third-order valence-electron chi connectivity index (χ3n) is 3.56. The van der Waals surface area contributed by atoms with Crippen LogP contribution in [0, 0.1) is 6.92 Å². The zero-order valence-electron chi connectivity index (χ0n) is 12.3. The number of likely N-dealkylation sites (N-methyl/N-ethyl adjacent to an activating group) is 1. The number of ether oxygens (including phenoxy) is 1. The van der Waals surface area contributed by atoms with Crippen LogP contribution in [0.15, 0.2) is 6.07 Å². The van der Waals surface area contributed by atoms with Gasteiger partial charge in [0.2, 0.25) is 5.82 Å². The molecule has 6 nitrogen and oxygen atoms in total. The third-order valence-corrected chi connectivity index (χ3v) is 3.56. The molecule has 1 unspecified atom stereocenters. The minimum atomic E-state index is -0.493. The number of rotatable bonds is 4. The van der Waals surface area contributed by atoms with Crippen LogP contribution < -0.4 is 10.2 Å². The summed E-state index contributed by atoms with van der Waals surface area (Å²) >= 11 is 0. The molecular formula is C14H22N4O2. The van der Waals surface area contributed by atoms with Gasteiger partial charge in [-0.15, -0.1) is 0 Å². The van der Waals surface area contributed by atoms with Gasteiger partial charge in [-0.2, -0.15) is 0 Å². The van der Waals surface area contributed by atoms with Crippen LogP contribution >= 0.6 is 0 Å². The average molecular weight is 278 g/mol. The molecule has 1 aliphatic rings. The van der Waals surface area contributed by atoms with Crippen molar-refractivity contribution >= 4 is 11.8 Å². The Bertz CT molecular complexity index is 472. The Morgan fingerprint density at radius 1 is 1.55 bits per heavy atom. The fourth-order valence-corrected chi connectivity index (χ4v) is 2.59. The van der Waals surface area contributed by atoms with Gasteiger partial charge in [-0.3, -0.25) is 0 Å². The molecule has 0 radical (unpaired) electrons. The molecule has 20 heavy (non-hydrogen) atoms. The van der Waals surface area contributed by atoms with E-state index in [9.17, 15) is 4.79 Å². The molecule has 1 aliphatic heterocycles. The topological polar surface area (TPSA) is 67.4 Å². The largest absolute Gasteiger partial charge is 0.463 e. The standard InChI is InChI=1S/C14H22N4O2/c1-4-18(11-6-5-7-15-9-11)12-8-10(2)16-13(17-12)14(19)20-3/h8,11,15H,4-7,9H2,1-3H3. The van der Waals surface area contributed by atoms with Crippen LogP contribution in [-0.2, 0) is 4.74 Å². The summed E-state index contributed by atoms with van der Waals surface area (Å²) in [4.78, 5) is 22.4. The number of anilines is 1. The molecule has 1 N–H and O–H groups in total. The van der Waals surface area contributed by atoms with Crippen LogP contribution in [0.2, 0.25) is 0 Å². The van der Waals surface area contributed by atoms with Gasteiger partial charge in [0.05, 0.1) is 7.11 Å². The second-order valence-corrected chi connectivity index (χ2v) is 4.97. The maximum absolute atomic E-state index is 11.6. The number of aromatic nitrogens is 2. The number of methoxy groups -OCH3 is 1. The average Bonchev–Trinajstić information content (AvgIpc) is 2.48. The molecule has 1 fully saturated rings. The maximum atomic E-state index is 11.6. The van der Waals surface area contributed by atoms with Crippen molar-refractivity contribution in [1.29, 1.82) is 0 Å². The number of aryl methyl sites for hydroxylation is 1. The van der Waals surface area contributed by atoms with E-state index >= 15 is 0 Å². The van der Waals surface area contributed by atoms with E-state index in [4.69, 9.17) is 4.74 Å².